The quantitative estimate of drug-likeness (QED) is 0.769. The van der Waals surface area contributed by atoms with Crippen LogP contribution in [0.25, 0.3) is 11.5 Å². The fourth-order valence-corrected chi connectivity index (χ4v) is 4.34. The number of carbonyl (C=O) groups excluding carboxylic acids is 1. The second-order valence-corrected chi connectivity index (χ2v) is 8.53. The SMILES string of the molecule is CCC1CCCCN1C(=O)CS(=O)(=O)c1nnc(-c2ccccc2Cl)o1. The molecule has 26 heavy (non-hydrogen) atoms. The average molecular weight is 398 g/mol. The number of nitrogens with zero attached hydrogens (tertiary/aromatic N) is 3. The van der Waals surface area contributed by atoms with Crippen molar-refractivity contribution in [2.24, 2.45) is 0 Å². The van der Waals surface area contributed by atoms with E-state index in [9.17, 15) is 13.2 Å². The number of sulfone groups is 1. The van der Waals surface area contributed by atoms with Gasteiger partial charge in [-0.3, -0.25) is 4.79 Å². The molecule has 0 aliphatic carbocycles. The first kappa shape index (κ1) is 18.8. The van der Waals surface area contributed by atoms with Gasteiger partial charge >= 0.3 is 5.22 Å². The molecular formula is C17H20ClN3O4S. The number of likely N-dealkylation sites (tertiary alicyclic amines) is 1. The molecule has 7 nitrogen and oxygen atoms in total. The Hall–Kier alpha value is -1.93. The molecule has 1 unspecified atom stereocenters. The minimum absolute atomic E-state index is 0.00558. The number of hydrogen-bond donors (Lipinski definition) is 0. The molecule has 2 heterocycles. The summed E-state index contributed by atoms with van der Waals surface area (Å²) in [5, 5.41) is 7.17. The number of benzene rings is 1. The van der Waals surface area contributed by atoms with E-state index in [1.165, 1.54) is 0 Å². The largest absolute Gasteiger partial charge is 0.408 e. The van der Waals surface area contributed by atoms with Crippen molar-refractivity contribution in [2.75, 3.05) is 12.3 Å². The molecule has 140 valence electrons. The fourth-order valence-electron chi connectivity index (χ4n) is 3.14. The monoisotopic (exact) mass is 397 g/mol. The molecule has 1 aliphatic heterocycles. The lowest BCUT2D eigenvalue weighted by Crippen LogP contribution is -2.45. The topological polar surface area (TPSA) is 93.4 Å². The van der Waals surface area contributed by atoms with E-state index in [0.717, 1.165) is 25.7 Å². The summed E-state index contributed by atoms with van der Waals surface area (Å²) in [6.07, 6.45) is 3.65. The molecule has 2 aromatic rings. The van der Waals surface area contributed by atoms with Crippen LogP contribution in [0.15, 0.2) is 33.9 Å². The van der Waals surface area contributed by atoms with Gasteiger partial charge in [0.15, 0.2) is 0 Å². The Kier molecular flexibility index (Phi) is 5.62. The molecule has 0 spiro atoms. The van der Waals surface area contributed by atoms with E-state index < -0.39 is 26.7 Å². The number of aromatic nitrogens is 2. The van der Waals surface area contributed by atoms with Gasteiger partial charge < -0.3 is 9.32 Å². The second-order valence-electron chi connectivity index (χ2n) is 6.26. The Morgan fingerprint density at radius 1 is 1.31 bits per heavy atom. The fraction of sp³-hybridized carbons (Fsp3) is 0.471. The van der Waals surface area contributed by atoms with Crippen LogP contribution >= 0.6 is 11.6 Å². The molecule has 1 atom stereocenters. The lowest BCUT2D eigenvalue weighted by molar-refractivity contribution is -0.132. The van der Waals surface area contributed by atoms with Crippen molar-refractivity contribution in [1.29, 1.82) is 0 Å². The van der Waals surface area contributed by atoms with E-state index >= 15 is 0 Å². The Morgan fingerprint density at radius 2 is 2.08 bits per heavy atom. The molecule has 1 saturated heterocycles. The summed E-state index contributed by atoms with van der Waals surface area (Å²) in [4.78, 5) is 14.2. The summed E-state index contributed by atoms with van der Waals surface area (Å²) < 4.78 is 30.4. The third-order valence-electron chi connectivity index (χ3n) is 4.51. The minimum atomic E-state index is -4.02. The van der Waals surface area contributed by atoms with Crippen molar-refractivity contribution in [2.45, 2.75) is 43.9 Å². The summed E-state index contributed by atoms with van der Waals surface area (Å²) in [7, 11) is -4.02. The first-order chi connectivity index (χ1) is 12.4. The van der Waals surface area contributed by atoms with Gasteiger partial charge in [-0.05, 0) is 37.8 Å². The molecule has 9 heteroatoms. The highest BCUT2D eigenvalue weighted by Gasteiger charge is 2.32. The summed E-state index contributed by atoms with van der Waals surface area (Å²) >= 11 is 6.06. The number of hydrogen-bond acceptors (Lipinski definition) is 6. The van der Waals surface area contributed by atoms with Crippen LogP contribution in [0.2, 0.25) is 5.02 Å². The van der Waals surface area contributed by atoms with E-state index in [-0.39, 0.29) is 11.9 Å². The van der Waals surface area contributed by atoms with Gasteiger partial charge in [0.25, 0.3) is 0 Å². The van der Waals surface area contributed by atoms with Crippen molar-refractivity contribution in [1.82, 2.24) is 15.1 Å². The number of halogens is 1. The summed E-state index contributed by atoms with van der Waals surface area (Å²) in [5.74, 6) is -1.09. The molecule has 0 N–H and O–H groups in total. The van der Waals surface area contributed by atoms with Gasteiger partial charge in [0.05, 0.1) is 10.6 Å². The molecule has 3 rings (SSSR count). The maximum atomic E-state index is 12.5. The van der Waals surface area contributed by atoms with Crippen molar-refractivity contribution < 1.29 is 17.6 Å². The maximum absolute atomic E-state index is 12.5. The smallest absolute Gasteiger partial charge is 0.336 e. The van der Waals surface area contributed by atoms with Crippen LogP contribution in [0, 0.1) is 0 Å². The van der Waals surface area contributed by atoms with E-state index in [0.29, 0.717) is 17.1 Å². The number of piperidine rings is 1. The third kappa shape index (κ3) is 3.91. The molecule has 0 saturated carbocycles. The normalized spacial score (nSPS) is 18.1. The van der Waals surface area contributed by atoms with Gasteiger partial charge in [-0.15, -0.1) is 5.10 Å². The van der Waals surface area contributed by atoms with Crippen molar-refractivity contribution >= 4 is 27.3 Å². The summed E-state index contributed by atoms with van der Waals surface area (Å²) in [6, 6.07) is 6.84. The van der Waals surface area contributed by atoms with Gasteiger partial charge in [0, 0.05) is 12.6 Å². The van der Waals surface area contributed by atoms with Gasteiger partial charge in [-0.2, -0.15) is 0 Å². The highest BCUT2D eigenvalue weighted by molar-refractivity contribution is 7.91. The molecular weight excluding hydrogens is 378 g/mol. The van der Waals surface area contributed by atoms with Crippen molar-refractivity contribution in [3.05, 3.63) is 29.3 Å². The highest BCUT2D eigenvalue weighted by Crippen LogP contribution is 2.27. The average Bonchev–Trinajstić information content (AvgIpc) is 3.12. The molecule has 1 aliphatic rings. The number of rotatable bonds is 5. The van der Waals surface area contributed by atoms with E-state index in [2.05, 4.69) is 10.2 Å². The van der Waals surface area contributed by atoms with E-state index in [4.69, 9.17) is 16.0 Å². The maximum Gasteiger partial charge on any atom is 0.336 e. The van der Waals surface area contributed by atoms with Gasteiger partial charge in [-0.1, -0.05) is 35.8 Å². The van der Waals surface area contributed by atoms with Crippen LogP contribution in [-0.2, 0) is 14.6 Å². The standard InChI is InChI=1S/C17H20ClN3O4S/c1-2-12-7-5-6-10-21(12)15(22)11-26(23,24)17-20-19-16(25-17)13-8-3-4-9-14(13)18/h3-4,8-9,12H,2,5-7,10-11H2,1H3. The van der Waals surface area contributed by atoms with E-state index in [1.54, 1.807) is 29.2 Å². The van der Waals surface area contributed by atoms with Crippen LogP contribution in [0.3, 0.4) is 0 Å². The van der Waals surface area contributed by atoms with Crippen molar-refractivity contribution in [3.63, 3.8) is 0 Å². The molecule has 1 amide bonds. The Bertz CT molecular complexity index is 897. The number of amides is 1. The lowest BCUT2D eigenvalue weighted by Gasteiger charge is -2.35. The molecule has 1 fully saturated rings. The van der Waals surface area contributed by atoms with Crippen LogP contribution in [0.5, 0.6) is 0 Å². The highest BCUT2D eigenvalue weighted by atomic mass is 35.5. The van der Waals surface area contributed by atoms with Crippen LogP contribution in [0.4, 0.5) is 0 Å². The zero-order valence-electron chi connectivity index (χ0n) is 14.4. The Labute approximate surface area is 157 Å². The van der Waals surface area contributed by atoms with Gasteiger partial charge in [-0.25, -0.2) is 8.42 Å². The first-order valence-electron chi connectivity index (χ1n) is 8.53. The molecule has 1 aromatic carbocycles. The molecule has 0 bridgehead atoms. The summed E-state index contributed by atoms with van der Waals surface area (Å²) in [5.41, 5.74) is 0.441. The van der Waals surface area contributed by atoms with E-state index in [1.807, 2.05) is 6.92 Å². The summed E-state index contributed by atoms with van der Waals surface area (Å²) in [6.45, 7) is 2.58. The predicted molar refractivity (Wildman–Crippen MR) is 96.4 cm³/mol. The number of carbonyl (C=O) groups is 1. The lowest BCUT2D eigenvalue weighted by atomic mass is 10.0. The van der Waals surface area contributed by atoms with Crippen LogP contribution < -0.4 is 0 Å². The first-order valence-corrected chi connectivity index (χ1v) is 10.6. The minimum Gasteiger partial charge on any atom is -0.408 e. The van der Waals surface area contributed by atoms with Gasteiger partial charge in [0.2, 0.25) is 21.6 Å². The third-order valence-corrected chi connectivity index (χ3v) is 6.16. The van der Waals surface area contributed by atoms with Crippen LogP contribution in [0.1, 0.15) is 32.6 Å². The zero-order chi connectivity index (χ0) is 18.7. The van der Waals surface area contributed by atoms with Crippen LogP contribution in [-0.4, -0.2) is 47.8 Å². The van der Waals surface area contributed by atoms with Gasteiger partial charge in [0.1, 0.15) is 5.75 Å². The molecule has 0 radical (unpaired) electrons. The second kappa shape index (κ2) is 7.75. The predicted octanol–water partition coefficient (Wildman–Crippen LogP) is 2.95. The Morgan fingerprint density at radius 3 is 2.81 bits per heavy atom. The zero-order valence-corrected chi connectivity index (χ0v) is 16.0. The Balaban J connectivity index is 1.78. The molecule has 1 aromatic heterocycles. The van der Waals surface area contributed by atoms with Crippen molar-refractivity contribution in [3.8, 4) is 11.5 Å².